The third-order valence-corrected chi connectivity index (χ3v) is 2.00. The third-order valence-electron chi connectivity index (χ3n) is 2.00. The first-order valence-electron chi connectivity index (χ1n) is 4.82. The van der Waals surface area contributed by atoms with Gasteiger partial charge in [0.2, 0.25) is 0 Å². The van der Waals surface area contributed by atoms with Crippen molar-refractivity contribution in [1.29, 1.82) is 0 Å². The number of benzene rings is 1. The summed E-state index contributed by atoms with van der Waals surface area (Å²) in [5.74, 6) is 0.0612. The number of methoxy groups -OCH3 is 1. The van der Waals surface area contributed by atoms with Crippen LogP contribution in [0.25, 0.3) is 0 Å². The van der Waals surface area contributed by atoms with Crippen LogP contribution in [0, 0.1) is 0 Å². The van der Waals surface area contributed by atoms with E-state index in [2.05, 4.69) is 5.32 Å². The third kappa shape index (κ3) is 4.10. The molecule has 4 nitrogen and oxygen atoms in total. The SMILES string of the molecule is COCCNCC(=O)c1ccc(N)cc1. The number of ether oxygens (including phenoxy) is 1. The van der Waals surface area contributed by atoms with Crippen molar-refractivity contribution in [2.24, 2.45) is 0 Å². The van der Waals surface area contributed by atoms with Gasteiger partial charge in [-0.25, -0.2) is 0 Å². The van der Waals surface area contributed by atoms with Gasteiger partial charge in [-0.05, 0) is 24.3 Å². The Hall–Kier alpha value is -1.39. The van der Waals surface area contributed by atoms with Crippen LogP contribution >= 0.6 is 0 Å². The van der Waals surface area contributed by atoms with Gasteiger partial charge in [0.15, 0.2) is 5.78 Å². The molecule has 0 bridgehead atoms. The molecule has 1 aromatic rings. The summed E-state index contributed by atoms with van der Waals surface area (Å²) in [6.45, 7) is 1.61. The van der Waals surface area contributed by atoms with Crippen LogP contribution < -0.4 is 11.1 Å². The van der Waals surface area contributed by atoms with E-state index in [0.717, 1.165) is 0 Å². The number of nitrogens with two attached hydrogens (primary N) is 1. The second kappa shape index (κ2) is 6.16. The lowest BCUT2D eigenvalue weighted by Gasteiger charge is -2.03. The normalized spacial score (nSPS) is 10.2. The second-order valence-electron chi connectivity index (χ2n) is 3.21. The van der Waals surface area contributed by atoms with Crippen LogP contribution in [0.3, 0.4) is 0 Å². The molecule has 0 amide bonds. The van der Waals surface area contributed by atoms with Gasteiger partial charge in [-0.2, -0.15) is 0 Å². The minimum atomic E-state index is 0.0612. The van der Waals surface area contributed by atoms with Gasteiger partial charge in [0.05, 0.1) is 13.2 Å². The molecule has 82 valence electrons. The highest BCUT2D eigenvalue weighted by molar-refractivity contribution is 5.97. The van der Waals surface area contributed by atoms with Gasteiger partial charge in [0.25, 0.3) is 0 Å². The first kappa shape index (κ1) is 11.7. The Bertz CT molecular complexity index is 309. The van der Waals surface area contributed by atoms with Gasteiger partial charge < -0.3 is 15.8 Å². The molecule has 0 spiro atoms. The summed E-state index contributed by atoms with van der Waals surface area (Å²) < 4.78 is 4.85. The maximum atomic E-state index is 11.6. The molecular weight excluding hydrogens is 192 g/mol. The van der Waals surface area contributed by atoms with E-state index >= 15 is 0 Å². The quantitative estimate of drug-likeness (QED) is 0.410. The monoisotopic (exact) mass is 208 g/mol. The molecule has 0 aliphatic carbocycles. The van der Waals surface area contributed by atoms with Gasteiger partial charge in [-0.1, -0.05) is 0 Å². The summed E-state index contributed by atoms with van der Waals surface area (Å²) in [6, 6.07) is 6.91. The number of ketones is 1. The van der Waals surface area contributed by atoms with E-state index in [1.54, 1.807) is 31.4 Å². The lowest BCUT2D eigenvalue weighted by atomic mass is 10.1. The van der Waals surface area contributed by atoms with Gasteiger partial charge in [0, 0.05) is 24.9 Å². The number of carbonyl (C=O) groups excluding carboxylic acids is 1. The highest BCUT2D eigenvalue weighted by Crippen LogP contribution is 2.05. The first-order chi connectivity index (χ1) is 7.24. The van der Waals surface area contributed by atoms with E-state index in [4.69, 9.17) is 10.5 Å². The molecule has 0 unspecified atom stereocenters. The first-order valence-corrected chi connectivity index (χ1v) is 4.82. The Kier molecular flexibility index (Phi) is 4.80. The van der Waals surface area contributed by atoms with Crippen LogP contribution in [0.2, 0.25) is 0 Å². The van der Waals surface area contributed by atoms with Crippen LogP contribution in [0.15, 0.2) is 24.3 Å². The van der Waals surface area contributed by atoms with Crippen molar-refractivity contribution in [3.05, 3.63) is 29.8 Å². The topological polar surface area (TPSA) is 64.3 Å². The Labute approximate surface area is 89.4 Å². The van der Waals surface area contributed by atoms with E-state index in [0.29, 0.717) is 30.9 Å². The molecule has 1 rings (SSSR count). The number of carbonyl (C=O) groups is 1. The highest BCUT2D eigenvalue weighted by Gasteiger charge is 2.03. The zero-order valence-electron chi connectivity index (χ0n) is 8.82. The van der Waals surface area contributed by atoms with Crippen molar-refractivity contribution in [3.8, 4) is 0 Å². The van der Waals surface area contributed by atoms with E-state index < -0.39 is 0 Å². The summed E-state index contributed by atoms with van der Waals surface area (Å²) in [7, 11) is 1.63. The molecule has 15 heavy (non-hydrogen) atoms. The Morgan fingerprint density at radius 1 is 1.40 bits per heavy atom. The van der Waals surface area contributed by atoms with Crippen molar-refractivity contribution in [2.75, 3.05) is 32.5 Å². The van der Waals surface area contributed by atoms with E-state index in [1.165, 1.54) is 0 Å². The molecule has 0 aliphatic rings. The Morgan fingerprint density at radius 2 is 2.07 bits per heavy atom. The van der Waals surface area contributed by atoms with Crippen molar-refractivity contribution in [2.45, 2.75) is 0 Å². The van der Waals surface area contributed by atoms with Crippen LogP contribution in [0.4, 0.5) is 5.69 Å². The number of nitrogens with one attached hydrogen (secondary N) is 1. The zero-order valence-corrected chi connectivity index (χ0v) is 8.82. The summed E-state index contributed by atoms with van der Waals surface area (Å²) >= 11 is 0. The van der Waals surface area contributed by atoms with E-state index in [-0.39, 0.29) is 5.78 Å². The van der Waals surface area contributed by atoms with Gasteiger partial charge in [-0.15, -0.1) is 0 Å². The van der Waals surface area contributed by atoms with Crippen molar-refractivity contribution in [3.63, 3.8) is 0 Å². The highest BCUT2D eigenvalue weighted by atomic mass is 16.5. The van der Waals surface area contributed by atoms with Crippen molar-refractivity contribution < 1.29 is 9.53 Å². The fraction of sp³-hybridized carbons (Fsp3) is 0.364. The molecule has 0 saturated heterocycles. The maximum absolute atomic E-state index is 11.6. The largest absolute Gasteiger partial charge is 0.399 e. The lowest BCUT2D eigenvalue weighted by molar-refractivity contribution is 0.0987. The number of nitrogen functional groups attached to an aromatic ring is 1. The Balaban J connectivity index is 2.37. The minimum Gasteiger partial charge on any atom is -0.399 e. The number of hydrogen-bond acceptors (Lipinski definition) is 4. The summed E-state index contributed by atoms with van der Waals surface area (Å²) in [5, 5.41) is 2.99. The molecular formula is C11H16N2O2. The summed E-state index contributed by atoms with van der Waals surface area (Å²) in [4.78, 5) is 11.6. The van der Waals surface area contributed by atoms with Crippen LogP contribution in [0.5, 0.6) is 0 Å². The molecule has 4 heteroatoms. The van der Waals surface area contributed by atoms with Gasteiger partial charge in [0.1, 0.15) is 0 Å². The van der Waals surface area contributed by atoms with Crippen molar-refractivity contribution in [1.82, 2.24) is 5.32 Å². The average molecular weight is 208 g/mol. The van der Waals surface area contributed by atoms with E-state index in [1.807, 2.05) is 0 Å². The average Bonchev–Trinajstić information content (AvgIpc) is 2.25. The number of hydrogen-bond donors (Lipinski definition) is 2. The summed E-state index contributed by atoms with van der Waals surface area (Å²) in [6.07, 6.45) is 0. The molecule has 0 saturated carbocycles. The van der Waals surface area contributed by atoms with Crippen LogP contribution in [-0.4, -0.2) is 32.6 Å². The van der Waals surface area contributed by atoms with Gasteiger partial charge in [-0.3, -0.25) is 4.79 Å². The smallest absolute Gasteiger partial charge is 0.176 e. The molecule has 1 aromatic carbocycles. The Morgan fingerprint density at radius 3 is 2.67 bits per heavy atom. The fourth-order valence-electron chi connectivity index (χ4n) is 1.15. The second-order valence-corrected chi connectivity index (χ2v) is 3.21. The molecule has 0 heterocycles. The number of Topliss-reactive ketones (excluding diaryl/α,β-unsaturated/α-hetero) is 1. The zero-order chi connectivity index (χ0) is 11.1. The van der Waals surface area contributed by atoms with Crippen LogP contribution in [0.1, 0.15) is 10.4 Å². The molecule has 0 fully saturated rings. The maximum Gasteiger partial charge on any atom is 0.176 e. The predicted octanol–water partition coefficient (Wildman–Crippen LogP) is 0.687. The molecule has 3 N–H and O–H groups in total. The van der Waals surface area contributed by atoms with Crippen LogP contribution in [-0.2, 0) is 4.74 Å². The minimum absolute atomic E-state index is 0.0612. The molecule has 0 atom stereocenters. The standard InChI is InChI=1S/C11H16N2O2/c1-15-7-6-13-8-11(14)9-2-4-10(12)5-3-9/h2-5,13H,6-8,12H2,1H3. The summed E-state index contributed by atoms with van der Waals surface area (Å²) in [5.41, 5.74) is 6.86. The van der Waals surface area contributed by atoms with Crippen molar-refractivity contribution >= 4 is 11.5 Å². The number of anilines is 1. The fourth-order valence-corrected chi connectivity index (χ4v) is 1.15. The lowest BCUT2D eigenvalue weighted by Crippen LogP contribution is -2.26. The predicted molar refractivity (Wildman–Crippen MR) is 59.9 cm³/mol. The molecule has 0 aromatic heterocycles. The molecule has 0 radical (unpaired) electrons. The number of rotatable bonds is 6. The van der Waals surface area contributed by atoms with E-state index in [9.17, 15) is 4.79 Å². The van der Waals surface area contributed by atoms with Gasteiger partial charge >= 0.3 is 0 Å². The molecule has 0 aliphatic heterocycles.